The molecule has 0 spiro atoms. The Labute approximate surface area is 149 Å². The van der Waals surface area contributed by atoms with Crippen molar-refractivity contribution < 1.29 is 9.18 Å². The highest BCUT2D eigenvalue weighted by molar-refractivity contribution is 5.80. The predicted molar refractivity (Wildman–Crippen MR) is 99.0 cm³/mol. The van der Waals surface area contributed by atoms with Gasteiger partial charge in [0.05, 0.1) is 6.42 Å². The van der Waals surface area contributed by atoms with E-state index in [1.165, 1.54) is 37.8 Å². The van der Waals surface area contributed by atoms with Crippen molar-refractivity contribution >= 4 is 11.9 Å². The number of amides is 1. The first-order chi connectivity index (χ1) is 12.1. The number of hydrogen-bond acceptors (Lipinski definition) is 2. The summed E-state index contributed by atoms with van der Waals surface area (Å²) < 4.78 is 13.1. The van der Waals surface area contributed by atoms with Gasteiger partial charge in [0.2, 0.25) is 5.91 Å². The normalized spacial score (nSPS) is 20.8. The van der Waals surface area contributed by atoms with E-state index in [0.29, 0.717) is 24.7 Å². The molecule has 0 radical (unpaired) electrons. The molecule has 0 aromatic heterocycles. The monoisotopic (exact) mass is 348 g/mol. The second kappa shape index (κ2) is 10.0. The van der Waals surface area contributed by atoms with Crippen LogP contribution in [0, 0.1) is 11.7 Å². The Kier molecular flexibility index (Phi) is 7.70. The third-order valence-corrected chi connectivity index (χ3v) is 4.57. The lowest BCUT2D eigenvalue weighted by atomic mass is 9.87. The van der Waals surface area contributed by atoms with Gasteiger partial charge in [-0.3, -0.25) is 9.79 Å². The number of rotatable bonds is 6. The summed E-state index contributed by atoms with van der Waals surface area (Å²) >= 11 is 0. The van der Waals surface area contributed by atoms with E-state index >= 15 is 0 Å². The number of benzene rings is 1. The Hall–Kier alpha value is -2.11. The molecule has 1 aromatic rings. The fourth-order valence-corrected chi connectivity index (χ4v) is 3.07. The molecule has 1 saturated carbocycles. The van der Waals surface area contributed by atoms with Gasteiger partial charge < -0.3 is 16.0 Å². The number of halogens is 1. The predicted octanol–water partition coefficient (Wildman–Crippen LogP) is 2.23. The van der Waals surface area contributed by atoms with Crippen LogP contribution in [0.5, 0.6) is 0 Å². The number of nitrogens with zero attached hydrogens (tertiary/aromatic N) is 1. The van der Waals surface area contributed by atoms with Gasteiger partial charge in [-0.1, -0.05) is 19.1 Å². The van der Waals surface area contributed by atoms with E-state index in [1.807, 2.05) is 0 Å². The number of guanidine groups is 1. The van der Waals surface area contributed by atoms with Crippen LogP contribution in [-0.2, 0) is 11.2 Å². The zero-order chi connectivity index (χ0) is 18.1. The summed E-state index contributed by atoms with van der Waals surface area (Å²) in [7, 11) is 1.75. The van der Waals surface area contributed by atoms with Crippen molar-refractivity contribution in [2.45, 2.75) is 45.1 Å². The van der Waals surface area contributed by atoms with Gasteiger partial charge in [-0.15, -0.1) is 0 Å². The minimum absolute atomic E-state index is 0.114. The van der Waals surface area contributed by atoms with Gasteiger partial charge in [-0.05, 0) is 49.3 Å². The molecular weight excluding hydrogens is 319 g/mol. The topological polar surface area (TPSA) is 65.5 Å². The minimum atomic E-state index is -0.320. The van der Waals surface area contributed by atoms with Crippen LogP contribution in [0.3, 0.4) is 0 Å². The molecule has 0 aliphatic heterocycles. The fourth-order valence-electron chi connectivity index (χ4n) is 3.07. The molecule has 1 fully saturated rings. The van der Waals surface area contributed by atoms with E-state index in [9.17, 15) is 9.18 Å². The molecule has 25 heavy (non-hydrogen) atoms. The Morgan fingerprint density at radius 1 is 1.20 bits per heavy atom. The third kappa shape index (κ3) is 7.11. The molecule has 0 heterocycles. The number of carbonyl (C=O) groups is 1. The van der Waals surface area contributed by atoms with E-state index in [4.69, 9.17) is 0 Å². The molecule has 2 rings (SSSR count). The molecule has 5 nitrogen and oxygen atoms in total. The fraction of sp³-hybridized carbons (Fsp3) is 0.579. The molecule has 1 aromatic carbocycles. The van der Waals surface area contributed by atoms with Crippen LogP contribution in [-0.4, -0.2) is 38.0 Å². The molecule has 6 heteroatoms. The van der Waals surface area contributed by atoms with Crippen LogP contribution in [0.2, 0.25) is 0 Å². The standard InChI is InChI=1S/C19H29FN4O/c1-14-6-8-17(9-7-14)24-19(21-2)23-11-10-22-18(25)13-15-4-3-5-16(20)12-15/h3-5,12,14,17H,6-11,13H2,1-2H3,(H,22,25)(H2,21,23,24). The van der Waals surface area contributed by atoms with E-state index in [2.05, 4.69) is 27.9 Å². The van der Waals surface area contributed by atoms with Crippen LogP contribution in [0.4, 0.5) is 4.39 Å². The smallest absolute Gasteiger partial charge is 0.224 e. The summed E-state index contributed by atoms with van der Waals surface area (Å²) in [6.07, 6.45) is 5.04. The summed E-state index contributed by atoms with van der Waals surface area (Å²) in [6.45, 7) is 3.39. The van der Waals surface area contributed by atoms with Gasteiger partial charge >= 0.3 is 0 Å². The van der Waals surface area contributed by atoms with Crippen molar-refractivity contribution in [2.24, 2.45) is 10.9 Å². The largest absolute Gasteiger partial charge is 0.355 e. The molecule has 0 unspecified atom stereocenters. The highest BCUT2D eigenvalue weighted by Gasteiger charge is 2.18. The maximum atomic E-state index is 13.1. The van der Waals surface area contributed by atoms with Gasteiger partial charge in [-0.25, -0.2) is 4.39 Å². The first-order valence-electron chi connectivity index (χ1n) is 9.05. The number of nitrogens with one attached hydrogen (secondary N) is 3. The average Bonchev–Trinajstić information content (AvgIpc) is 2.59. The summed E-state index contributed by atoms with van der Waals surface area (Å²) in [4.78, 5) is 16.1. The SMILES string of the molecule is CN=C(NCCNC(=O)Cc1cccc(F)c1)NC1CCC(C)CC1. The first-order valence-corrected chi connectivity index (χ1v) is 9.05. The quantitative estimate of drug-likeness (QED) is 0.420. The van der Waals surface area contributed by atoms with Crippen molar-refractivity contribution in [3.63, 3.8) is 0 Å². The van der Waals surface area contributed by atoms with Crippen LogP contribution in [0.1, 0.15) is 38.2 Å². The Morgan fingerprint density at radius 2 is 1.92 bits per heavy atom. The molecular formula is C19H29FN4O. The molecule has 3 N–H and O–H groups in total. The maximum absolute atomic E-state index is 13.1. The average molecular weight is 348 g/mol. The Morgan fingerprint density at radius 3 is 2.60 bits per heavy atom. The second-order valence-electron chi connectivity index (χ2n) is 6.76. The number of hydrogen-bond donors (Lipinski definition) is 3. The molecule has 138 valence electrons. The van der Waals surface area contributed by atoms with E-state index in [1.54, 1.807) is 19.2 Å². The number of aliphatic imine (C=N–C) groups is 1. The molecule has 0 bridgehead atoms. The van der Waals surface area contributed by atoms with Crippen molar-refractivity contribution in [3.8, 4) is 0 Å². The Balaban J connectivity index is 1.63. The van der Waals surface area contributed by atoms with Crippen molar-refractivity contribution in [1.82, 2.24) is 16.0 Å². The van der Waals surface area contributed by atoms with Crippen LogP contribution < -0.4 is 16.0 Å². The van der Waals surface area contributed by atoms with E-state index < -0.39 is 0 Å². The van der Waals surface area contributed by atoms with Crippen LogP contribution >= 0.6 is 0 Å². The lowest BCUT2D eigenvalue weighted by Gasteiger charge is -2.28. The lowest BCUT2D eigenvalue weighted by Crippen LogP contribution is -2.46. The van der Waals surface area contributed by atoms with Crippen LogP contribution in [0.15, 0.2) is 29.3 Å². The zero-order valence-electron chi connectivity index (χ0n) is 15.1. The van der Waals surface area contributed by atoms with Gasteiger partial charge in [-0.2, -0.15) is 0 Å². The summed E-state index contributed by atoms with van der Waals surface area (Å²) in [6, 6.07) is 6.59. The lowest BCUT2D eigenvalue weighted by molar-refractivity contribution is -0.120. The van der Waals surface area contributed by atoms with Gasteiger partial charge in [0, 0.05) is 26.2 Å². The first kappa shape index (κ1) is 19.2. The van der Waals surface area contributed by atoms with Crippen molar-refractivity contribution in [1.29, 1.82) is 0 Å². The van der Waals surface area contributed by atoms with Crippen molar-refractivity contribution in [2.75, 3.05) is 20.1 Å². The van der Waals surface area contributed by atoms with Crippen LogP contribution in [0.25, 0.3) is 0 Å². The van der Waals surface area contributed by atoms with Gasteiger partial charge in [0.25, 0.3) is 0 Å². The zero-order valence-corrected chi connectivity index (χ0v) is 15.1. The summed E-state index contributed by atoms with van der Waals surface area (Å²) in [5, 5.41) is 9.50. The highest BCUT2D eigenvalue weighted by Crippen LogP contribution is 2.23. The molecule has 1 aliphatic carbocycles. The molecule has 1 aliphatic rings. The Bertz CT molecular complexity index is 583. The summed E-state index contributed by atoms with van der Waals surface area (Å²) in [5.74, 6) is 1.16. The molecule has 1 amide bonds. The maximum Gasteiger partial charge on any atom is 0.224 e. The molecule has 0 saturated heterocycles. The van der Waals surface area contributed by atoms with Gasteiger partial charge in [0.15, 0.2) is 5.96 Å². The third-order valence-electron chi connectivity index (χ3n) is 4.57. The van der Waals surface area contributed by atoms with Gasteiger partial charge in [0.1, 0.15) is 5.82 Å². The van der Waals surface area contributed by atoms with Crippen molar-refractivity contribution in [3.05, 3.63) is 35.6 Å². The minimum Gasteiger partial charge on any atom is -0.355 e. The highest BCUT2D eigenvalue weighted by atomic mass is 19.1. The number of carbonyl (C=O) groups excluding carboxylic acids is 1. The van der Waals surface area contributed by atoms with E-state index in [-0.39, 0.29) is 18.1 Å². The van der Waals surface area contributed by atoms with E-state index in [0.717, 1.165) is 11.9 Å². The summed E-state index contributed by atoms with van der Waals surface area (Å²) in [5.41, 5.74) is 0.675. The molecule has 0 atom stereocenters. The second-order valence-corrected chi connectivity index (χ2v) is 6.76.